The van der Waals surface area contributed by atoms with Gasteiger partial charge in [-0.25, -0.2) is 4.90 Å². The molecule has 0 N–H and O–H groups in total. The van der Waals surface area contributed by atoms with E-state index in [4.69, 9.17) is 0 Å². The van der Waals surface area contributed by atoms with Crippen LogP contribution in [0.3, 0.4) is 0 Å². The predicted octanol–water partition coefficient (Wildman–Crippen LogP) is 3.68. The van der Waals surface area contributed by atoms with Crippen molar-refractivity contribution >= 4 is 35.0 Å². The second kappa shape index (κ2) is 6.54. The molecular formula is C23H17F3N2O3. The molecule has 0 aromatic heterocycles. The summed E-state index contributed by atoms with van der Waals surface area (Å²) in [6.45, 7) is 1.37. The minimum atomic E-state index is -4.60. The van der Waals surface area contributed by atoms with E-state index in [1.165, 1.54) is 19.1 Å². The van der Waals surface area contributed by atoms with Gasteiger partial charge in [0.2, 0.25) is 11.8 Å². The molecule has 0 aliphatic carbocycles. The summed E-state index contributed by atoms with van der Waals surface area (Å²) in [6, 6.07) is 10.1. The molecule has 31 heavy (non-hydrogen) atoms. The van der Waals surface area contributed by atoms with E-state index in [0.29, 0.717) is 0 Å². The predicted molar refractivity (Wildman–Crippen MR) is 107 cm³/mol. The molecule has 2 aromatic rings. The van der Waals surface area contributed by atoms with E-state index in [9.17, 15) is 27.6 Å². The summed E-state index contributed by atoms with van der Waals surface area (Å²) in [5.74, 6) is -3.30. The summed E-state index contributed by atoms with van der Waals surface area (Å²) >= 11 is 0. The van der Waals surface area contributed by atoms with Crippen LogP contribution in [0.5, 0.6) is 0 Å². The van der Waals surface area contributed by atoms with Crippen LogP contribution in [0.1, 0.15) is 18.1 Å². The largest absolute Gasteiger partial charge is 0.416 e. The molecule has 2 amide bonds. The van der Waals surface area contributed by atoms with Crippen molar-refractivity contribution in [1.29, 1.82) is 0 Å². The molecule has 4 atom stereocenters. The van der Waals surface area contributed by atoms with Crippen LogP contribution in [0.4, 0.5) is 24.5 Å². The Bertz CT molecular complexity index is 1160. The van der Waals surface area contributed by atoms with Crippen molar-refractivity contribution in [3.8, 4) is 0 Å². The van der Waals surface area contributed by atoms with Gasteiger partial charge in [-0.05, 0) is 36.8 Å². The highest BCUT2D eigenvalue weighted by molar-refractivity contribution is 6.24. The van der Waals surface area contributed by atoms with Gasteiger partial charge in [-0.15, -0.1) is 0 Å². The highest BCUT2D eigenvalue weighted by Crippen LogP contribution is 2.49. The zero-order valence-corrected chi connectivity index (χ0v) is 16.3. The van der Waals surface area contributed by atoms with Gasteiger partial charge < -0.3 is 4.90 Å². The summed E-state index contributed by atoms with van der Waals surface area (Å²) < 4.78 is 39.5. The molecule has 0 radical (unpaired) electrons. The summed E-state index contributed by atoms with van der Waals surface area (Å²) in [4.78, 5) is 42.0. The second-order valence-electron chi connectivity index (χ2n) is 7.98. The van der Waals surface area contributed by atoms with Gasteiger partial charge in [-0.3, -0.25) is 14.4 Å². The molecule has 0 spiro atoms. The lowest BCUT2D eigenvalue weighted by Gasteiger charge is -2.36. The number of carbonyl (C=O) groups is 3. The van der Waals surface area contributed by atoms with Crippen LogP contribution >= 0.6 is 0 Å². The Labute approximate surface area is 175 Å². The lowest BCUT2D eigenvalue weighted by molar-refractivity contribution is -0.137. The molecule has 3 aliphatic heterocycles. The number of fused-ring (bicyclic) bond motifs is 5. The Morgan fingerprint density at radius 2 is 1.68 bits per heavy atom. The maximum absolute atomic E-state index is 13.3. The van der Waals surface area contributed by atoms with Gasteiger partial charge in [0.1, 0.15) is 6.04 Å². The van der Waals surface area contributed by atoms with Crippen molar-refractivity contribution in [2.24, 2.45) is 11.8 Å². The van der Waals surface area contributed by atoms with Gasteiger partial charge in [0.05, 0.1) is 29.1 Å². The number of imide groups is 1. The van der Waals surface area contributed by atoms with E-state index < -0.39 is 47.5 Å². The molecule has 5 nitrogen and oxygen atoms in total. The molecular weight excluding hydrogens is 409 g/mol. The molecule has 8 heteroatoms. The Morgan fingerprint density at radius 1 is 0.968 bits per heavy atom. The molecule has 0 unspecified atom stereocenters. The third-order valence-corrected chi connectivity index (χ3v) is 6.26. The molecule has 2 saturated heterocycles. The third-order valence-electron chi connectivity index (χ3n) is 6.26. The van der Waals surface area contributed by atoms with Crippen molar-refractivity contribution in [3.63, 3.8) is 0 Å². The van der Waals surface area contributed by atoms with Crippen molar-refractivity contribution in [1.82, 2.24) is 0 Å². The zero-order chi connectivity index (χ0) is 22.1. The quantitative estimate of drug-likeness (QED) is 0.688. The Kier molecular flexibility index (Phi) is 4.12. The summed E-state index contributed by atoms with van der Waals surface area (Å²) in [5.41, 5.74) is 0.558. The summed E-state index contributed by atoms with van der Waals surface area (Å²) in [5, 5.41) is 0. The average molecular weight is 426 g/mol. The number of hydrogen-bond donors (Lipinski definition) is 0. The smallest absolute Gasteiger partial charge is 0.353 e. The molecule has 2 aromatic carbocycles. The van der Waals surface area contributed by atoms with Crippen LogP contribution in [0.2, 0.25) is 0 Å². The fourth-order valence-electron chi connectivity index (χ4n) is 5.05. The number of amides is 2. The highest BCUT2D eigenvalue weighted by Gasteiger charge is 2.63. The second-order valence-corrected chi connectivity index (χ2v) is 7.98. The normalized spacial score (nSPS) is 26.7. The maximum Gasteiger partial charge on any atom is 0.416 e. The first kappa shape index (κ1) is 19.5. The number of halogens is 3. The van der Waals surface area contributed by atoms with E-state index in [1.54, 1.807) is 6.08 Å². The number of carbonyl (C=O) groups excluding carboxylic acids is 3. The molecule has 0 bridgehead atoms. The van der Waals surface area contributed by atoms with Crippen molar-refractivity contribution in [2.75, 3.05) is 9.80 Å². The zero-order valence-electron chi connectivity index (χ0n) is 16.3. The van der Waals surface area contributed by atoms with Crippen molar-refractivity contribution < 1.29 is 27.6 Å². The molecule has 5 rings (SSSR count). The molecule has 2 fully saturated rings. The van der Waals surface area contributed by atoms with E-state index in [1.807, 2.05) is 35.2 Å². The number of anilines is 2. The topological polar surface area (TPSA) is 57.7 Å². The van der Waals surface area contributed by atoms with Crippen LogP contribution in [-0.2, 0) is 20.6 Å². The van der Waals surface area contributed by atoms with Gasteiger partial charge in [0, 0.05) is 5.69 Å². The molecule has 3 heterocycles. The van der Waals surface area contributed by atoms with Crippen LogP contribution in [-0.4, -0.2) is 29.7 Å². The Morgan fingerprint density at radius 3 is 2.39 bits per heavy atom. The number of benzene rings is 2. The standard InChI is InChI=1S/C23H17F3N2O3/c1-12(29)20-19-18(17-10-9-13-5-2-3-8-16(13)28(17)20)21(30)27(22(19)31)15-7-4-6-14(11-15)23(24,25)26/h2-11,17-20H,1H3/t17-,18+,19+,20+/m0/s1. The van der Waals surface area contributed by atoms with Gasteiger partial charge in [-0.2, -0.15) is 13.2 Å². The molecule has 158 valence electrons. The van der Waals surface area contributed by atoms with Gasteiger partial charge in [0.25, 0.3) is 0 Å². The van der Waals surface area contributed by atoms with Gasteiger partial charge >= 0.3 is 6.18 Å². The van der Waals surface area contributed by atoms with Crippen LogP contribution in [0.15, 0.2) is 54.6 Å². The number of rotatable bonds is 2. The van der Waals surface area contributed by atoms with Crippen LogP contribution in [0.25, 0.3) is 6.08 Å². The molecule has 0 saturated carbocycles. The first-order valence-corrected chi connectivity index (χ1v) is 9.81. The number of alkyl halides is 3. The first-order valence-electron chi connectivity index (χ1n) is 9.81. The number of ketones is 1. The third kappa shape index (κ3) is 2.74. The van der Waals surface area contributed by atoms with Gasteiger partial charge in [-0.1, -0.05) is 36.4 Å². The van der Waals surface area contributed by atoms with E-state index in [2.05, 4.69) is 0 Å². The maximum atomic E-state index is 13.3. The number of hydrogen-bond acceptors (Lipinski definition) is 4. The minimum absolute atomic E-state index is 0.131. The SMILES string of the molecule is CC(=O)[C@@H]1[C@@H]2C(=O)N(c3cccc(C(F)(F)F)c3)C(=O)[C@@H]2[C@@H]2C=Cc3ccccc3N12. The monoisotopic (exact) mass is 426 g/mol. The van der Waals surface area contributed by atoms with Crippen molar-refractivity contribution in [2.45, 2.75) is 25.2 Å². The number of nitrogens with zero attached hydrogens (tertiary/aromatic N) is 2. The lowest BCUT2D eigenvalue weighted by atomic mass is 9.88. The van der Waals surface area contributed by atoms with Crippen LogP contribution in [0, 0.1) is 11.8 Å². The highest BCUT2D eigenvalue weighted by atomic mass is 19.4. The van der Waals surface area contributed by atoms with E-state index in [0.717, 1.165) is 28.3 Å². The minimum Gasteiger partial charge on any atom is -0.353 e. The number of Topliss-reactive ketones (excluding diaryl/α,β-unsaturated/α-hetero) is 1. The first-order chi connectivity index (χ1) is 14.7. The van der Waals surface area contributed by atoms with Crippen LogP contribution < -0.4 is 9.80 Å². The number of para-hydroxylation sites is 1. The van der Waals surface area contributed by atoms with E-state index in [-0.39, 0.29) is 11.5 Å². The lowest BCUT2D eigenvalue weighted by Crippen LogP contribution is -2.48. The summed E-state index contributed by atoms with van der Waals surface area (Å²) in [7, 11) is 0. The van der Waals surface area contributed by atoms with Gasteiger partial charge in [0.15, 0.2) is 5.78 Å². The summed E-state index contributed by atoms with van der Waals surface area (Å²) in [6.07, 6.45) is -0.962. The van der Waals surface area contributed by atoms with Crippen molar-refractivity contribution in [3.05, 3.63) is 65.7 Å². The molecule has 3 aliphatic rings. The fourth-order valence-corrected chi connectivity index (χ4v) is 5.05. The average Bonchev–Trinajstić information content (AvgIpc) is 3.21. The Hall–Kier alpha value is -3.42. The Balaban J connectivity index is 1.60. The fraction of sp³-hybridized carbons (Fsp3) is 0.261. The van der Waals surface area contributed by atoms with E-state index >= 15 is 0 Å².